The molecule has 4 rings (SSSR count). The van der Waals surface area contributed by atoms with Crippen LogP contribution >= 0.6 is 0 Å². The maximum absolute atomic E-state index is 12.5. The Hall–Kier alpha value is -3.34. The van der Waals surface area contributed by atoms with Crippen LogP contribution in [0.3, 0.4) is 0 Å². The van der Waals surface area contributed by atoms with Crippen molar-refractivity contribution in [2.75, 3.05) is 7.11 Å². The van der Waals surface area contributed by atoms with Crippen LogP contribution in [0.5, 0.6) is 5.75 Å². The number of rotatable bonds is 4. The lowest BCUT2D eigenvalue weighted by Crippen LogP contribution is -2.22. The second kappa shape index (κ2) is 6.28. The van der Waals surface area contributed by atoms with Gasteiger partial charge in [0, 0.05) is 24.3 Å². The van der Waals surface area contributed by atoms with E-state index >= 15 is 0 Å². The first-order chi connectivity index (χ1) is 12.2. The third-order valence-electron chi connectivity index (χ3n) is 4.26. The molecule has 2 N–H and O–H groups in total. The predicted molar refractivity (Wildman–Crippen MR) is 97.8 cm³/mol. The van der Waals surface area contributed by atoms with Gasteiger partial charge in [-0.2, -0.15) is 0 Å². The maximum atomic E-state index is 12.5. The van der Waals surface area contributed by atoms with Gasteiger partial charge in [0.15, 0.2) is 0 Å². The molecule has 0 aliphatic heterocycles. The van der Waals surface area contributed by atoms with Gasteiger partial charge in [0.25, 0.3) is 5.91 Å². The smallest absolute Gasteiger partial charge is 0.253 e. The lowest BCUT2D eigenvalue weighted by atomic mass is 10.1. The molecular weight excluding hydrogens is 314 g/mol. The molecule has 2 aromatic carbocycles. The van der Waals surface area contributed by atoms with E-state index in [0.717, 1.165) is 27.5 Å². The highest BCUT2D eigenvalue weighted by atomic mass is 16.5. The fraction of sp³-hybridized carbons (Fsp3) is 0.100. The summed E-state index contributed by atoms with van der Waals surface area (Å²) in [5.74, 6) is 0.718. The zero-order valence-electron chi connectivity index (χ0n) is 13.7. The molecule has 0 saturated carbocycles. The van der Waals surface area contributed by atoms with Gasteiger partial charge in [-0.05, 0) is 46.7 Å². The molecule has 0 atom stereocenters. The van der Waals surface area contributed by atoms with E-state index in [-0.39, 0.29) is 5.91 Å². The van der Waals surface area contributed by atoms with Crippen molar-refractivity contribution in [1.82, 2.24) is 15.3 Å². The van der Waals surface area contributed by atoms with Crippen molar-refractivity contribution < 1.29 is 9.53 Å². The predicted octanol–water partition coefficient (Wildman–Crippen LogP) is 3.65. The summed E-state index contributed by atoms with van der Waals surface area (Å²) >= 11 is 0. The largest absolute Gasteiger partial charge is 0.497 e. The zero-order valence-corrected chi connectivity index (χ0v) is 13.7. The molecule has 25 heavy (non-hydrogen) atoms. The average Bonchev–Trinajstić information content (AvgIpc) is 3.09. The second-order valence-corrected chi connectivity index (χ2v) is 5.83. The monoisotopic (exact) mass is 331 g/mol. The minimum Gasteiger partial charge on any atom is -0.497 e. The topological polar surface area (TPSA) is 67.0 Å². The van der Waals surface area contributed by atoms with Crippen molar-refractivity contribution in [3.63, 3.8) is 0 Å². The number of amides is 1. The van der Waals surface area contributed by atoms with E-state index < -0.39 is 0 Å². The van der Waals surface area contributed by atoms with Gasteiger partial charge >= 0.3 is 0 Å². The number of H-pyrrole nitrogens is 1. The Morgan fingerprint density at radius 3 is 2.88 bits per heavy atom. The number of ether oxygens (including phenoxy) is 1. The molecule has 5 heteroatoms. The van der Waals surface area contributed by atoms with Gasteiger partial charge < -0.3 is 15.0 Å². The number of nitrogens with one attached hydrogen (secondary N) is 2. The Kier molecular flexibility index (Phi) is 3.82. The third-order valence-corrected chi connectivity index (χ3v) is 4.26. The van der Waals surface area contributed by atoms with Crippen molar-refractivity contribution in [2.24, 2.45) is 0 Å². The van der Waals surface area contributed by atoms with Crippen LogP contribution in [0.4, 0.5) is 0 Å². The van der Waals surface area contributed by atoms with E-state index in [4.69, 9.17) is 4.74 Å². The van der Waals surface area contributed by atoms with Crippen LogP contribution < -0.4 is 10.1 Å². The zero-order chi connectivity index (χ0) is 17.2. The summed E-state index contributed by atoms with van der Waals surface area (Å²) in [6, 6.07) is 15.8. The summed E-state index contributed by atoms with van der Waals surface area (Å²) in [6.45, 7) is 0.466. The highest BCUT2D eigenvalue weighted by molar-refractivity contribution is 6.05. The number of hydrogen-bond donors (Lipinski definition) is 2. The van der Waals surface area contributed by atoms with E-state index in [0.29, 0.717) is 17.8 Å². The first-order valence-corrected chi connectivity index (χ1v) is 8.01. The highest BCUT2D eigenvalue weighted by Crippen LogP contribution is 2.22. The molecule has 0 bridgehead atoms. The van der Waals surface area contributed by atoms with Crippen molar-refractivity contribution in [3.8, 4) is 5.75 Å². The first kappa shape index (κ1) is 15.2. The Labute approximate surface area is 144 Å². The Morgan fingerprint density at radius 2 is 2.00 bits per heavy atom. The first-order valence-electron chi connectivity index (χ1n) is 8.01. The fourth-order valence-electron chi connectivity index (χ4n) is 2.93. The normalized spacial score (nSPS) is 10.9. The minimum absolute atomic E-state index is 0.117. The number of methoxy groups -OCH3 is 1. The lowest BCUT2D eigenvalue weighted by molar-refractivity contribution is 0.0952. The van der Waals surface area contributed by atoms with E-state index in [1.807, 2.05) is 42.5 Å². The molecule has 0 fully saturated rings. The van der Waals surface area contributed by atoms with Gasteiger partial charge in [0.1, 0.15) is 11.4 Å². The van der Waals surface area contributed by atoms with E-state index in [2.05, 4.69) is 21.4 Å². The van der Waals surface area contributed by atoms with Crippen molar-refractivity contribution >= 4 is 27.7 Å². The summed E-state index contributed by atoms with van der Waals surface area (Å²) in [5, 5.41) is 6.02. The van der Waals surface area contributed by atoms with Crippen LogP contribution in [-0.2, 0) is 6.54 Å². The molecule has 0 aliphatic rings. The summed E-state index contributed by atoms with van der Waals surface area (Å²) in [5.41, 5.74) is 2.37. The molecule has 0 radical (unpaired) electrons. The van der Waals surface area contributed by atoms with E-state index in [1.54, 1.807) is 19.5 Å². The minimum atomic E-state index is -0.117. The van der Waals surface area contributed by atoms with E-state index in [1.165, 1.54) is 0 Å². The summed E-state index contributed by atoms with van der Waals surface area (Å²) < 4.78 is 5.24. The Bertz CT molecular complexity index is 1070. The summed E-state index contributed by atoms with van der Waals surface area (Å²) in [7, 11) is 1.66. The number of aromatic nitrogens is 2. The molecule has 0 saturated heterocycles. The van der Waals surface area contributed by atoms with Crippen LogP contribution in [0.2, 0.25) is 0 Å². The molecule has 2 aromatic heterocycles. The molecule has 0 unspecified atom stereocenters. The van der Waals surface area contributed by atoms with Gasteiger partial charge in [0.05, 0.1) is 12.7 Å². The van der Waals surface area contributed by atoms with Crippen LogP contribution in [-0.4, -0.2) is 23.0 Å². The molecule has 1 amide bonds. The van der Waals surface area contributed by atoms with Crippen LogP contribution in [0.25, 0.3) is 21.8 Å². The van der Waals surface area contributed by atoms with Crippen LogP contribution in [0.1, 0.15) is 15.9 Å². The molecule has 5 nitrogen and oxygen atoms in total. The summed E-state index contributed by atoms with van der Waals surface area (Å²) in [6.07, 6.45) is 3.39. The van der Waals surface area contributed by atoms with Crippen molar-refractivity contribution in [3.05, 3.63) is 72.1 Å². The van der Waals surface area contributed by atoms with Gasteiger partial charge in [-0.3, -0.25) is 4.79 Å². The van der Waals surface area contributed by atoms with Crippen LogP contribution in [0, 0.1) is 0 Å². The van der Waals surface area contributed by atoms with Gasteiger partial charge in [-0.25, -0.2) is 4.98 Å². The molecule has 4 aromatic rings. The molecule has 2 heterocycles. The second-order valence-electron chi connectivity index (χ2n) is 5.83. The lowest BCUT2D eigenvalue weighted by Gasteiger charge is -2.07. The van der Waals surface area contributed by atoms with Crippen molar-refractivity contribution in [2.45, 2.75) is 6.54 Å². The van der Waals surface area contributed by atoms with Crippen molar-refractivity contribution in [1.29, 1.82) is 0 Å². The fourth-order valence-corrected chi connectivity index (χ4v) is 2.93. The number of fused-ring (bicyclic) bond motifs is 2. The number of hydrogen-bond acceptors (Lipinski definition) is 3. The standard InChI is InChI=1S/C20H17N3O2/c1-25-16-7-6-14-9-13(4-5-15(14)10-16)11-23-20(24)18-12-22-19-17(18)3-2-8-21-19/h2-10,12H,11H2,1H3,(H,21,22)(H,23,24). The third kappa shape index (κ3) is 2.92. The molecular formula is C20H17N3O2. The van der Waals surface area contributed by atoms with Crippen LogP contribution in [0.15, 0.2) is 60.9 Å². The number of carbonyl (C=O) groups is 1. The SMILES string of the molecule is COc1ccc2cc(CNC(=O)c3c[nH]c4ncccc34)ccc2c1. The van der Waals surface area contributed by atoms with Gasteiger partial charge in [-0.15, -0.1) is 0 Å². The molecule has 0 spiro atoms. The maximum Gasteiger partial charge on any atom is 0.253 e. The number of aromatic amines is 1. The summed E-state index contributed by atoms with van der Waals surface area (Å²) in [4.78, 5) is 19.7. The quantitative estimate of drug-likeness (QED) is 0.600. The van der Waals surface area contributed by atoms with Gasteiger partial charge in [-0.1, -0.05) is 18.2 Å². The number of carbonyl (C=O) groups excluding carboxylic acids is 1. The number of pyridine rings is 1. The van der Waals surface area contributed by atoms with E-state index in [9.17, 15) is 4.79 Å². The Morgan fingerprint density at radius 1 is 1.16 bits per heavy atom. The average molecular weight is 331 g/mol. The number of nitrogens with zero attached hydrogens (tertiary/aromatic N) is 1. The number of benzene rings is 2. The van der Waals surface area contributed by atoms with Gasteiger partial charge in [0.2, 0.25) is 0 Å². The highest BCUT2D eigenvalue weighted by Gasteiger charge is 2.12. The molecule has 0 aliphatic carbocycles. The Balaban J connectivity index is 1.52. The molecule has 124 valence electrons.